The van der Waals surface area contributed by atoms with Crippen molar-refractivity contribution < 1.29 is 9.84 Å². The van der Waals surface area contributed by atoms with Crippen LogP contribution >= 0.6 is 0 Å². The Kier molecular flexibility index (Phi) is 5.14. The van der Waals surface area contributed by atoms with Gasteiger partial charge in [0.05, 0.1) is 12.7 Å². The zero-order chi connectivity index (χ0) is 17.8. The number of aromatic nitrogens is 1. The molecule has 4 nitrogen and oxygen atoms in total. The molecule has 1 aliphatic rings. The molecular formula is C22H24N2O2. The summed E-state index contributed by atoms with van der Waals surface area (Å²) < 4.78 is 6.08. The lowest BCUT2D eigenvalue weighted by atomic mass is 10.0. The first kappa shape index (κ1) is 17.0. The fraction of sp³-hybridized carbons (Fsp3) is 0.318. The minimum Gasteiger partial charge on any atom is -0.508 e. The van der Waals surface area contributed by atoms with Crippen LogP contribution in [0.25, 0.3) is 10.8 Å². The molecule has 26 heavy (non-hydrogen) atoms. The van der Waals surface area contributed by atoms with Gasteiger partial charge in [-0.05, 0) is 35.9 Å². The molecule has 0 spiro atoms. The predicted molar refractivity (Wildman–Crippen MR) is 103 cm³/mol. The quantitative estimate of drug-likeness (QED) is 0.753. The van der Waals surface area contributed by atoms with Crippen LogP contribution in [-0.2, 0) is 17.9 Å². The summed E-state index contributed by atoms with van der Waals surface area (Å²) >= 11 is 0. The molecule has 1 N–H and O–H groups in total. The van der Waals surface area contributed by atoms with Crippen LogP contribution in [0.5, 0.6) is 5.75 Å². The fourth-order valence-corrected chi connectivity index (χ4v) is 3.62. The van der Waals surface area contributed by atoms with E-state index in [1.54, 1.807) is 12.3 Å². The second-order valence-electron chi connectivity index (χ2n) is 6.93. The number of phenols is 1. The molecule has 0 aliphatic carbocycles. The van der Waals surface area contributed by atoms with Crippen molar-refractivity contribution in [3.8, 4) is 5.75 Å². The summed E-state index contributed by atoms with van der Waals surface area (Å²) in [6.07, 6.45) is 6.00. The highest BCUT2D eigenvalue weighted by Crippen LogP contribution is 2.29. The number of benzene rings is 2. The van der Waals surface area contributed by atoms with Crippen molar-refractivity contribution in [3.05, 3.63) is 72.1 Å². The van der Waals surface area contributed by atoms with Crippen LogP contribution in [0.4, 0.5) is 0 Å². The maximum absolute atomic E-state index is 10.3. The van der Waals surface area contributed by atoms with Crippen LogP contribution in [0.15, 0.2) is 60.9 Å². The third-order valence-corrected chi connectivity index (χ3v) is 5.15. The molecule has 0 amide bonds. The zero-order valence-electron chi connectivity index (χ0n) is 14.8. The smallest absolute Gasteiger partial charge is 0.120 e. The van der Waals surface area contributed by atoms with Crippen molar-refractivity contribution in [1.29, 1.82) is 0 Å². The molecule has 0 atom stereocenters. The van der Waals surface area contributed by atoms with Crippen LogP contribution < -0.4 is 0 Å². The standard InChI is InChI=1S/C22H24N2O2/c25-22-7-6-18-8-11-23-14-20(18)21(22)15-24-12-9-19(10-13-24)26-16-17-4-2-1-3-5-17/h1-8,11,14,19,25H,9-10,12-13,15-16H2. The Bertz CT molecular complexity index is 858. The molecule has 0 unspecified atom stereocenters. The number of ether oxygens (including phenoxy) is 1. The molecule has 0 bridgehead atoms. The summed E-state index contributed by atoms with van der Waals surface area (Å²) in [6, 6.07) is 16.0. The largest absolute Gasteiger partial charge is 0.508 e. The summed E-state index contributed by atoms with van der Waals surface area (Å²) in [4.78, 5) is 6.62. The number of hydrogen-bond donors (Lipinski definition) is 1. The Hall–Kier alpha value is -2.43. The van der Waals surface area contributed by atoms with E-state index in [0.29, 0.717) is 18.5 Å². The first-order chi connectivity index (χ1) is 12.8. The Morgan fingerprint density at radius 2 is 1.85 bits per heavy atom. The Morgan fingerprint density at radius 3 is 2.65 bits per heavy atom. The van der Waals surface area contributed by atoms with Gasteiger partial charge < -0.3 is 9.84 Å². The van der Waals surface area contributed by atoms with Crippen LogP contribution in [0.1, 0.15) is 24.0 Å². The maximum atomic E-state index is 10.3. The Labute approximate surface area is 154 Å². The van der Waals surface area contributed by atoms with Gasteiger partial charge in [0.25, 0.3) is 0 Å². The maximum Gasteiger partial charge on any atom is 0.120 e. The summed E-state index contributed by atoms with van der Waals surface area (Å²) in [5.41, 5.74) is 2.20. The van der Waals surface area contributed by atoms with E-state index < -0.39 is 0 Å². The fourth-order valence-electron chi connectivity index (χ4n) is 3.62. The van der Waals surface area contributed by atoms with Gasteiger partial charge in [-0.1, -0.05) is 36.4 Å². The average molecular weight is 348 g/mol. The number of fused-ring (bicyclic) bond motifs is 1. The zero-order valence-corrected chi connectivity index (χ0v) is 14.8. The molecule has 0 saturated carbocycles. The second-order valence-corrected chi connectivity index (χ2v) is 6.93. The van der Waals surface area contributed by atoms with Crippen molar-refractivity contribution >= 4 is 10.8 Å². The second kappa shape index (κ2) is 7.85. The minimum atomic E-state index is 0.314. The van der Waals surface area contributed by atoms with Crippen LogP contribution in [0.3, 0.4) is 0 Å². The van der Waals surface area contributed by atoms with E-state index in [1.165, 1.54) is 5.56 Å². The lowest BCUT2D eigenvalue weighted by Gasteiger charge is -2.32. The number of phenolic OH excluding ortho intramolecular Hbond substituents is 1. The molecule has 3 aromatic rings. The molecule has 1 fully saturated rings. The molecule has 2 heterocycles. The first-order valence-corrected chi connectivity index (χ1v) is 9.22. The van der Waals surface area contributed by atoms with Gasteiger partial charge in [0.15, 0.2) is 0 Å². The summed E-state index contributed by atoms with van der Waals surface area (Å²) in [6.45, 7) is 3.40. The molecule has 1 aliphatic heterocycles. The molecule has 2 aromatic carbocycles. The van der Waals surface area contributed by atoms with Crippen molar-refractivity contribution in [3.63, 3.8) is 0 Å². The van der Waals surface area contributed by atoms with Gasteiger partial charge in [0.1, 0.15) is 5.75 Å². The molecule has 4 heteroatoms. The molecule has 134 valence electrons. The normalized spacial score (nSPS) is 16.2. The number of hydrogen-bond acceptors (Lipinski definition) is 4. The van der Waals surface area contributed by atoms with E-state index >= 15 is 0 Å². The van der Waals surface area contributed by atoms with Gasteiger partial charge in [0.2, 0.25) is 0 Å². The molecule has 1 aromatic heterocycles. The topological polar surface area (TPSA) is 45.6 Å². The summed E-state index contributed by atoms with van der Waals surface area (Å²) in [5.74, 6) is 0.355. The highest BCUT2D eigenvalue weighted by Gasteiger charge is 2.21. The minimum absolute atomic E-state index is 0.314. The highest BCUT2D eigenvalue weighted by atomic mass is 16.5. The third-order valence-electron chi connectivity index (χ3n) is 5.15. The average Bonchev–Trinajstić information content (AvgIpc) is 2.70. The van der Waals surface area contributed by atoms with Crippen LogP contribution in [-0.4, -0.2) is 34.2 Å². The molecular weight excluding hydrogens is 324 g/mol. The number of nitrogens with zero attached hydrogens (tertiary/aromatic N) is 2. The third kappa shape index (κ3) is 3.87. The first-order valence-electron chi connectivity index (χ1n) is 9.22. The van der Waals surface area contributed by atoms with E-state index in [9.17, 15) is 5.11 Å². The summed E-state index contributed by atoms with van der Waals surface area (Å²) in [5, 5.41) is 12.5. The summed E-state index contributed by atoms with van der Waals surface area (Å²) in [7, 11) is 0. The SMILES string of the molecule is Oc1ccc2ccncc2c1CN1CCC(OCc2ccccc2)CC1. The number of aromatic hydroxyl groups is 1. The molecule has 4 rings (SSSR count). The lowest BCUT2D eigenvalue weighted by Crippen LogP contribution is -2.36. The van der Waals surface area contributed by atoms with Gasteiger partial charge >= 0.3 is 0 Å². The highest BCUT2D eigenvalue weighted by molar-refractivity contribution is 5.86. The number of rotatable bonds is 5. The van der Waals surface area contributed by atoms with Gasteiger partial charge in [0, 0.05) is 43.0 Å². The van der Waals surface area contributed by atoms with Crippen molar-refractivity contribution in [2.45, 2.75) is 32.1 Å². The Balaban J connectivity index is 1.35. The number of piperidine rings is 1. The molecule has 0 radical (unpaired) electrons. The van der Waals surface area contributed by atoms with E-state index in [4.69, 9.17) is 4.74 Å². The van der Waals surface area contributed by atoms with Crippen LogP contribution in [0.2, 0.25) is 0 Å². The van der Waals surface area contributed by atoms with E-state index in [2.05, 4.69) is 22.0 Å². The Morgan fingerprint density at radius 1 is 1.04 bits per heavy atom. The van der Waals surface area contributed by atoms with Gasteiger partial charge in [-0.25, -0.2) is 0 Å². The van der Waals surface area contributed by atoms with E-state index in [0.717, 1.165) is 48.8 Å². The van der Waals surface area contributed by atoms with E-state index in [-0.39, 0.29) is 0 Å². The van der Waals surface area contributed by atoms with Crippen molar-refractivity contribution in [2.24, 2.45) is 0 Å². The van der Waals surface area contributed by atoms with Gasteiger partial charge in [-0.3, -0.25) is 9.88 Å². The number of likely N-dealkylation sites (tertiary alicyclic amines) is 1. The predicted octanol–water partition coefficient (Wildman–Crippen LogP) is 4.12. The molecule has 1 saturated heterocycles. The van der Waals surface area contributed by atoms with Crippen LogP contribution in [0, 0.1) is 0 Å². The monoisotopic (exact) mass is 348 g/mol. The van der Waals surface area contributed by atoms with Gasteiger partial charge in [-0.2, -0.15) is 0 Å². The number of pyridine rings is 1. The van der Waals surface area contributed by atoms with E-state index in [1.807, 2.05) is 36.5 Å². The van der Waals surface area contributed by atoms with Crippen molar-refractivity contribution in [2.75, 3.05) is 13.1 Å². The lowest BCUT2D eigenvalue weighted by molar-refractivity contribution is -0.00395. The van der Waals surface area contributed by atoms with Gasteiger partial charge in [-0.15, -0.1) is 0 Å². The van der Waals surface area contributed by atoms with Crippen molar-refractivity contribution in [1.82, 2.24) is 9.88 Å².